The highest BCUT2D eigenvalue weighted by Crippen LogP contribution is 2.21. The number of carbonyl (C=O) groups is 1. The normalized spacial score (nSPS) is 10.6. The lowest BCUT2D eigenvalue weighted by Gasteiger charge is -2.11. The minimum Gasteiger partial charge on any atom is -0.375 e. The third-order valence-electron chi connectivity index (χ3n) is 5.57. The fraction of sp³-hybridized carbons (Fsp3) is 0.207. The van der Waals surface area contributed by atoms with E-state index in [0.717, 1.165) is 49.7 Å². The Kier molecular flexibility index (Phi) is 8.39. The molecule has 0 spiro atoms. The Morgan fingerprint density at radius 3 is 1.44 bits per heavy atom. The molecule has 0 saturated heterocycles. The largest absolute Gasteiger partial charge is 0.522 e. The van der Waals surface area contributed by atoms with E-state index >= 15 is 0 Å². The molecular weight excluding hydrogens is 424 g/mol. The van der Waals surface area contributed by atoms with Crippen LogP contribution in [0, 0.1) is 0 Å². The van der Waals surface area contributed by atoms with Crippen molar-refractivity contribution in [2.45, 2.75) is 38.5 Å². The summed E-state index contributed by atoms with van der Waals surface area (Å²) in [5.41, 5.74) is 4.31. The van der Waals surface area contributed by atoms with Crippen LogP contribution in [-0.2, 0) is 25.7 Å². The maximum Gasteiger partial charge on any atom is 0.522 e. The van der Waals surface area contributed by atoms with Crippen molar-refractivity contribution in [2.24, 2.45) is 0 Å². The van der Waals surface area contributed by atoms with Gasteiger partial charge in [0.25, 0.3) is 0 Å². The van der Waals surface area contributed by atoms with E-state index in [1.54, 1.807) is 12.4 Å². The van der Waals surface area contributed by atoms with Gasteiger partial charge in [-0.05, 0) is 61.8 Å². The van der Waals surface area contributed by atoms with Gasteiger partial charge in [0.2, 0.25) is 11.8 Å². The molecule has 0 aliphatic carbocycles. The van der Waals surface area contributed by atoms with Crippen molar-refractivity contribution in [1.29, 1.82) is 0 Å². The number of hydrogen-bond acceptors (Lipinski definition) is 5. The minimum absolute atomic E-state index is 0.280. The van der Waals surface area contributed by atoms with Crippen molar-refractivity contribution >= 4 is 6.16 Å². The topological polar surface area (TPSA) is 61.3 Å². The highest BCUT2D eigenvalue weighted by atomic mass is 16.7. The van der Waals surface area contributed by atoms with Crippen LogP contribution in [0.25, 0.3) is 0 Å². The van der Waals surface area contributed by atoms with Gasteiger partial charge in [-0.3, -0.25) is 0 Å². The summed E-state index contributed by atoms with van der Waals surface area (Å²) in [6.07, 6.45) is 7.63. The zero-order chi connectivity index (χ0) is 23.4. The van der Waals surface area contributed by atoms with Gasteiger partial charge in [0, 0.05) is 23.5 Å². The summed E-state index contributed by atoms with van der Waals surface area (Å²) in [4.78, 5) is 21.0. The summed E-state index contributed by atoms with van der Waals surface area (Å²) in [5.74, 6) is 0.559. The van der Waals surface area contributed by atoms with Crippen molar-refractivity contribution in [3.63, 3.8) is 0 Å². The summed E-state index contributed by atoms with van der Waals surface area (Å²) < 4.78 is 10.9. The van der Waals surface area contributed by atoms with E-state index in [4.69, 9.17) is 9.47 Å². The summed E-state index contributed by atoms with van der Waals surface area (Å²) in [6.45, 7) is 0. The van der Waals surface area contributed by atoms with E-state index in [0.29, 0.717) is 0 Å². The zero-order valence-electron chi connectivity index (χ0n) is 19.1. The van der Waals surface area contributed by atoms with Gasteiger partial charge in [0.05, 0.1) is 0 Å². The van der Waals surface area contributed by atoms with Crippen LogP contribution in [0.2, 0.25) is 0 Å². The SMILES string of the molecule is O=C(Oc1ncccc1CCCc1ccccc1)Oc1ncccc1CCCc1ccccc1. The van der Waals surface area contributed by atoms with Crippen molar-refractivity contribution in [2.75, 3.05) is 0 Å². The third kappa shape index (κ3) is 7.01. The monoisotopic (exact) mass is 452 g/mol. The highest BCUT2D eigenvalue weighted by Gasteiger charge is 2.15. The summed E-state index contributed by atoms with van der Waals surface area (Å²) in [6, 6.07) is 28.2. The Morgan fingerprint density at radius 1 is 0.559 bits per heavy atom. The van der Waals surface area contributed by atoms with E-state index in [9.17, 15) is 4.79 Å². The molecule has 0 radical (unpaired) electrons. The molecule has 2 aromatic heterocycles. The number of nitrogens with zero attached hydrogens (tertiary/aromatic N) is 2. The van der Waals surface area contributed by atoms with Crippen molar-refractivity contribution in [3.05, 3.63) is 120 Å². The molecule has 34 heavy (non-hydrogen) atoms. The van der Waals surface area contributed by atoms with Crippen molar-refractivity contribution in [1.82, 2.24) is 9.97 Å². The van der Waals surface area contributed by atoms with Gasteiger partial charge in [0.15, 0.2) is 0 Å². The van der Waals surface area contributed by atoms with E-state index in [1.165, 1.54) is 11.1 Å². The van der Waals surface area contributed by atoms with Crippen LogP contribution in [0.3, 0.4) is 0 Å². The number of aromatic nitrogens is 2. The summed E-state index contributed by atoms with van der Waals surface area (Å²) in [5, 5.41) is 0. The number of rotatable bonds is 10. The smallest absolute Gasteiger partial charge is 0.375 e. The molecule has 0 unspecified atom stereocenters. The molecule has 5 heteroatoms. The van der Waals surface area contributed by atoms with Gasteiger partial charge in [0.1, 0.15) is 0 Å². The molecule has 4 aromatic rings. The Labute approximate surface area is 200 Å². The lowest BCUT2D eigenvalue weighted by molar-refractivity contribution is 0.147. The van der Waals surface area contributed by atoms with Gasteiger partial charge in [-0.15, -0.1) is 0 Å². The Bertz CT molecular complexity index is 1090. The predicted molar refractivity (Wildman–Crippen MR) is 132 cm³/mol. The van der Waals surface area contributed by atoms with Gasteiger partial charge >= 0.3 is 6.16 Å². The van der Waals surface area contributed by atoms with Crippen molar-refractivity contribution in [3.8, 4) is 11.8 Å². The van der Waals surface area contributed by atoms with Crippen LogP contribution in [-0.4, -0.2) is 16.1 Å². The van der Waals surface area contributed by atoms with E-state index in [1.807, 2.05) is 60.7 Å². The maximum atomic E-state index is 12.6. The highest BCUT2D eigenvalue weighted by molar-refractivity contribution is 5.66. The van der Waals surface area contributed by atoms with Gasteiger partial charge < -0.3 is 9.47 Å². The molecule has 0 saturated carbocycles. The minimum atomic E-state index is -0.828. The molecule has 2 aromatic carbocycles. The van der Waals surface area contributed by atoms with Gasteiger partial charge in [-0.1, -0.05) is 72.8 Å². The van der Waals surface area contributed by atoms with E-state index < -0.39 is 6.16 Å². The quantitative estimate of drug-likeness (QED) is 0.260. The fourth-order valence-corrected chi connectivity index (χ4v) is 3.85. The van der Waals surface area contributed by atoms with Crippen LogP contribution in [0.5, 0.6) is 11.8 Å². The zero-order valence-corrected chi connectivity index (χ0v) is 19.1. The summed E-state index contributed by atoms with van der Waals surface area (Å²) in [7, 11) is 0. The first-order valence-corrected chi connectivity index (χ1v) is 11.6. The lowest BCUT2D eigenvalue weighted by atomic mass is 10.0. The van der Waals surface area contributed by atoms with E-state index in [-0.39, 0.29) is 11.8 Å². The molecule has 0 bridgehead atoms. The number of benzene rings is 2. The second kappa shape index (κ2) is 12.3. The fourth-order valence-electron chi connectivity index (χ4n) is 3.85. The molecule has 4 rings (SSSR count). The van der Waals surface area contributed by atoms with Crippen LogP contribution in [0.1, 0.15) is 35.1 Å². The lowest BCUT2D eigenvalue weighted by Crippen LogP contribution is -2.17. The maximum absolute atomic E-state index is 12.6. The predicted octanol–water partition coefficient (Wildman–Crippen LogP) is 6.41. The summed E-state index contributed by atoms with van der Waals surface area (Å²) >= 11 is 0. The Balaban J connectivity index is 1.32. The second-order valence-corrected chi connectivity index (χ2v) is 8.07. The molecule has 0 aliphatic rings. The Hall–Kier alpha value is -3.99. The first kappa shape index (κ1) is 23.2. The van der Waals surface area contributed by atoms with Crippen LogP contribution < -0.4 is 9.47 Å². The van der Waals surface area contributed by atoms with Crippen molar-refractivity contribution < 1.29 is 14.3 Å². The number of aryl methyl sites for hydroxylation is 4. The van der Waals surface area contributed by atoms with Crippen LogP contribution >= 0.6 is 0 Å². The standard InChI is InChI=1S/C29H28N2O3/c32-29(33-27-25(19-9-21-30-27)17-7-15-23-11-3-1-4-12-23)34-28-26(20-10-22-31-28)18-8-16-24-13-5-2-6-14-24/h1-6,9-14,19-22H,7-8,15-18H2. The molecule has 0 fully saturated rings. The average Bonchev–Trinajstić information content (AvgIpc) is 2.87. The third-order valence-corrected chi connectivity index (χ3v) is 5.57. The molecule has 0 aliphatic heterocycles. The molecule has 0 atom stereocenters. The van der Waals surface area contributed by atoms with Crippen LogP contribution in [0.15, 0.2) is 97.3 Å². The molecular formula is C29H28N2O3. The average molecular weight is 453 g/mol. The first-order chi connectivity index (χ1) is 16.8. The number of pyridine rings is 2. The van der Waals surface area contributed by atoms with Crippen LogP contribution in [0.4, 0.5) is 4.79 Å². The molecule has 2 heterocycles. The number of hydrogen-bond donors (Lipinski definition) is 0. The molecule has 0 amide bonds. The molecule has 5 nitrogen and oxygen atoms in total. The first-order valence-electron chi connectivity index (χ1n) is 11.6. The van der Waals surface area contributed by atoms with E-state index in [2.05, 4.69) is 34.2 Å². The van der Waals surface area contributed by atoms with Gasteiger partial charge in [-0.2, -0.15) is 0 Å². The molecule has 172 valence electrons. The number of carbonyl (C=O) groups excluding carboxylic acids is 1. The Morgan fingerprint density at radius 2 is 1.00 bits per heavy atom. The second-order valence-electron chi connectivity index (χ2n) is 8.07. The number of ether oxygens (including phenoxy) is 2. The van der Waals surface area contributed by atoms with Gasteiger partial charge in [-0.25, -0.2) is 14.8 Å². The molecule has 0 N–H and O–H groups in total.